The maximum absolute atomic E-state index is 11.0. The van der Waals surface area contributed by atoms with E-state index >= 15 is 0 Å². The van der Waals surface area contributed by atoms with Crippen LogP contribution in [0.3, 0.4) is 0 Å². The summed E-state index contributed by atoms with van der Waals surface area (Å²) < 4.78 is 5.03. The molecule has 0 aliphatic heterocycles. The Balaban J connectivity index is 2.47. The number of ether oxygens (including phenoxy) is 1. The third kappa shape index (κ3) is 3.63. The lowest BCUT2D eigenvalue weighted by atomic mass is 9.79. The Hall–Kier alpha value is -0.830. The molecule has 1 aliphatic rings. The van der Waals surface area contributed by atoms with E-state index in [2.05, 4.69) is 13.0 Å². The average Bonchev–Trinajstić information content (AvgIpc) is 2.26. The van der Waals surface area contributed by atoms with Crippen LogP contribution in [0.4, 0.5) is 0 Å². The number of rotatable bonds is 4. The SMILES string of the molecule is CCC(=O)OCC(C)(O)C1CC=C(C)CC1. The third-order valence-electron chi connectivity index (χ3n) is 3.33. The summed E-state index contributed by atoms with van der Waals surface area (Å²) in [6.07, 6.45) is 5.41. The third-order valence-corrected chi connectivity index (χ3v) is 3.33. The highest BCUT2D eigenvalue weighted by Gasteiger charge is 2.33. The van der Waals surface area contributed by atoms with Crippen molar-refractivity contribution < 1.29 is 14.6 Å². The molecular formula is C13H22O3. The van der Waals surface area contributed by atoms with Gasteiger partial charge in [-0.25, -0.2) is 0 Å². The molecule has 3 heteroatoms. The van der Waals surface area contributed by atoms with E-state index in [4.69, 9.17) is 4.74 Å². The van der Waals surface area contributed by atoms with Crippen LogP contribution >= 0.6 is 0 Å². The van der Waals surface area contributed by atoms with Gasteiger partial charge in [0.25, 0.3) is 0 Å². The number of carbonyl (C=O) groups is 1. The van der Waals surface area contributed by atoms with Crippen LogP contribution in [0.1, 0.15) is 46.5 Å². The fourth-order valence-corrected chi connectivity index (χ4v) is 1.98. The van der Waals surface area contributed by atoms with Crippen molar-refractivity contribution in [1.82, 2.24) is 0 Å². The molecule has 16 heavy (non-hydrogen) atoms. The van der Waals surface area contributed by atoms with Gasteiger partial charge < -0.3 is 9.84 Å². The quantitative estimate of drug-likeness (QED) is 0.591. The molecule has 1 N–H and O–H groups in total. The topological polar surface area (TPSA) is 46.5 Å². The van der Waals surface area contributed by atoms with Gasteiger partial charge in [-0.1, -0.05) is 18.6 Å². The lowest BCUT2D eigenvalue weighted by Gasteiger charge is -2.34. The van der Waals surface area contributed by atoms with Gasteiger partial charge in [-0.05, 0) is 39.0 Å². The van der Waals surface area contributed by atoms with Crippen LogP contribution < -0.4 is 0 Å². The summed E-state index contributed by atoms with van der Waals surface area (Å²) in [5.74, 6) is -0.0522. The van der Waals surface area contributed by atoms with Gasteiger partial charge in [0.1, 0.15) is 6.61 Å². The Morgan fingerprint density at radius 1 is 1.69 bits per heavy atom. The number of hydrogen-bond donors (Lipinski definition) is 1. The average molecular weight is 226 g/mol. The van der Waals surface area contributed by atoms with E-state index in [9.17, 15) is 9.90 Å². The molecule has 1 aliphatic carbocycles. The summed E-state index contributed by atoms with van der Waals surface area (Å²) in [4.78, 5) is 11.0. The van der Waals surface area contributed by atoms with Crippen LogP contribution in [0.25, 0.3) is 0 Å². The fraction of sp³-hybridized carbons (Fsp3) is 0.769. The normalized spacial score (nSPS) is 24.5. The molecule has 0 bridgehead atoms. The van der Waals surface area contributed by atoms with E-state index in [1.165, 1.54) is 5.57 Å². The molecular weight excluding hydrogens is 204 g/mol. The lowest BCUT2D eigenvalue weighted by Crippen LogP contribution is -2.40. The van der Waals surface area contributed by atoms with Crippen molar-refractivity contribution in [3.05, 3.63) is 11.6 Å². The number of allylic oxidation sites excluding steroid dienone is 2. The van der Waals surface area contributed by atoms with Crippen molar-refractivity contribution in [2.45, 2.75) is 52.1 Å². The molecule has 0 amide bonds. The van der Waals surface area contributed by atoms with Crippen LogP contribution in [-0.4, -0.2) is 23.3 Å². The predicted octanol–water partition coefficient (Wildman–Crippen LogP) is 2.44. The Morgan fingerprint density at radius 3 is 2.88 bits per heavy atom. The van der Waals surface area contributed by atoms with Gasteiger partial charge in [0.15, 0.2) is 0 Å². The van der Waals surface area contributed by atoms with E-state index in [-0.39, 0.29) is 18.5 Å². The first-order valence-electron chi connectivity index (χ1n) is 5.99. The monoisotopic (exact) mass is 226 g/mol. The predicted molar refractivity (Wildman–Crippen MR) is 63.0 cm³/mol. The van der Waals surface area contributed by atoms with Crippen molar-refractivity contribution in [3.63, 3.8) is 0 Å². The molecule has 0 radical (unpaired) electrons. The maximum Gasteiger partial charge on any atom is 0.305 e. The summed E-state index contributed by atoms with van der Waals surface area (Å²) in [7, 11) is 0. The number of carbonyl (C=O) groups excluding carboxylic acids is 1. The van der Waals surface area contributed by atoms with Crippen molar-refractivity contribution in [2.24, 2.45) is 5.92 Å². The largest absolute Gasteiger partial charge is 0.463 e. The molecule has 0 aromatic carbocycles. The molecule has 2 atom stereocenters. The van der Waals surface area contributed by atoms with E-state index in [0.717, 1.165) is 19.3 Å². The van der Waals surface area contributed by atoms with Crippen LogP contribution in [0.5, 0.6) is 0 Å². The zero-order valence-electron chi connectivity index (χ0n) is 10.5. The van der Waals surface area contributed by atoms with E-state index < -0.39 is 5.60 Å². The Morgan fingerprint density at radius 2 is 2.38 bits per heavy atom. The molecule has 2 unspecified atom stereocenters. The first-order valence-corrected chi connectivity index (χ1v) is 5.99. The molecule has 0 aromatic rings. The molecule has 0 spiro atoms. The highest BCUT2D eigenvalue weighted by Crippen LogP contribution is 2.32. The first-order chi connectivity index (χ1) is 7.45. The molecule has 0 heterocycles. The minimum absolute atomic E-state index is 0.108. The summed E-state index contributed by atoms with van der Waals surface area (Å²) in [6.45, 7) is 5.73. The molecule has 3 nitrogen and oxygen atoms in total. The second kappa shape index (κ2) is 5.48. The zero-order valence-corrected chi connectivity index (χ0v) is 10.5. The van der Waals surface area contributed by atoms with Crippen molar-refractivity contribution in [3.8, 4) is 0 Å². The van der Waals surface area contributed by atoms with Gasteiger partial charge >= 0.3 is 5.97 Å². The highest BCUT2D eigenvalue weighted by atomic mass is 16.5. The second-order valence-corrected chi connectivity index (χ2v) is 4.89. The summed E-state index contributed by atoms with van der Waals surface area (Å²) in [5.41, 5.74) is 0.486. The van der Waals surface area contributed by atoms with Gasteiger partial charge in [-0.2, -0.15) is 0 Å². The lowest BCUT2D eigenvalue weighted by molar-refractivity contribution is -0.153. The van der Waals surface area contributed by atoms with Gasteiger partial charge in [-0.3, -0.25) is 4.79 Å². The smallest absolute Gasteiger partial charge is 0.305 e. The summed E-state index contributed by atoms with van der Waals surface area (Å²) in [6, 6.07) is 0. The Kier molecular flexibility index (Phi) is 4.54. The van der Waals surface area contributed by atoms with Gasteiger partial charge in [0.05, 0.1) is 5.60 Å². The zero-order chi connectivity index (χ0) is 12.2. The highest BCUT2D eigenvalue weighted by molar-refractivity contribution is 5.68. The van der Waals surface area contributed by atoms with E-state index in [1.807, 2.05) is 0 Å². The van der Waals surface area contributed by atoms with Crippen molar-refractivity contribution in [2.75, 3.05) is 6.61 Å². The minimum atomic E-state index is -0.901. The molecule has 92 valence electrons. The first kappa shape index (κ1) is 13.2. The molecule has 1 rings (SSSR count). The number of aliphatic hydroxyl groups is 1. The Labute approximate surface area is 97.5 Å². The summed E-state index contributed by atoms with van der Waals surface area (Å²) >= 11 is 0. The van der Waals surface area contributed by atoms with Gasteiger partial charge in [-0.15, -0.1) is 0 Å². The minimum Gasteiger partial charge on any atom is -0.463 e. The van der Waals surface area contributed by atoms with Crippen LogP contribution in [-0.2, 0) is 9.53 Å². The van der Waals surface area contributed by atoms with Crippen LogP contribution in [0, 0.1) is 5.92 Å². The van der Waals surface area contributed by atoms with E-state index in [1.54, 1.807) is 13.8 Å². The van der Waals surface area contributed by atoms with Crippen LogP contribution in [0.2, 0.25) is 0 Å². The van der Waals surface area contributed by atoms with Crippen LogP contribution in [0.15, 0.2) is 11.6 Å². The van der Waals surface area contributed by atoms with Crippen molar-refractivity contribution in [1.29, 1.82) is 0 Å². The Bertz CT molecular complexity index is 279. The fourth-order valence-electron chi connectivity index (χ4n) is 1.98. The number of hydrogen-bond acceptors (Lipinski definition) is 3. The van der Waals surface area contributed by atoms with E-state index in [0.29, 0.717) is 6.42 Å². The number of esters is 1. The van der Waals surface area contributed by atoms with Crippen molar-refractivity contribution >= 4 is 5.97 Å². The molecule has 0 saturated heterocycles. The molecule has 0 fully saturated rings. The maximum atomic E-state index is 11.0. The van der Waals surface area contributed by atoms with Gasteiger partial charge in [0.2, 0.25) is 0 Å². The molecule has 0 aromatic heterocycles. The molecule has 0 saturated carbocycles. The standard InChI is InChI=1S/C13H22O3/c1-4-12(14)16-9-13(3,15)11-7-5-10(2)6-8-11/h5,11,15H,4,6-9H2,1-3H3. The summed E-state index contributed by atoms with van der Waals surface area (Å²) in [5, 5.41) is 10.3. The van der Waals surface area contributed by atoms with Gasteiger partial charge in [0, 0.05) is 6.42 Å². The second-order valence-electron chi connectivity index (χ2n) is 4.89.